The van der Waals surface area contributed by atoms with Crippen LogP contribution in [0.15, 0.2) is 30.3 Å². The molecule has 1 aromatic carbocycles. The Hall–Kier alpha value is -0.900. The first-order valence-electron chi connectivity index (χ1n) is 7.73. The molecule has 1 fully saturated rings. The fourth-order valence-corrected chi connectivity index (χ4v) is 3.05. The minimum absolute atomic E-state index is 0.119. The summed E-state index contributed by atoms with van der Waals surface area (Å²) in [6.07, 6.45) is 2.40. The first kappa shape index (κ1) is 15.5. The van der Waals surface area contributed by atoms with Crippen molar-refractivity contribution in [3.63, 3.8) is 0 Å². The predicted octanol–water partition coefficient (Wildman–Crippen LogP) is 2.68. The maximum absolute atomic E-state index is 6.37. The van der Waals surface area contributed by atoms with Crippen molar-refractivity contribution in [3.05, 3.63) is 35.9 Å². The molecule has 112 valence electrons. The highest BCUT2D eigenvalue weighted by Gasteiger charge is 2.20. The van der Waals surface area contributed by atoms with Crippen LogP contribution >= 0.6 is 0 Å². The molecule has 0 aliphatic carbocycles. The van der Waals surface area contributed by atoms with Crippen LogP contribution in [0.2, 0.25) is 0 Å². The maximum Gasteiger partial charge on any atom is 0.0469 e. The van der Waals surface area contributed by atoms with Crippen LogP contribution in [0.4, 0.5) is 0 Å². The Bertz CT molecular complexity index is 376. The summed E-state index contributed by atoms with van der Waals surface area (Å²) in [6, 6.07) is 10.5. The molecule has 20 heavy (non-hydrogen) atoms. The molecule has 0 aromatic heterocycles. The summed E-state index contributed by atoms with van der Waals surface area (Å²) in [7, 11) is 2.21. The molecular formula is C17H28N2O. The van der Waals surface area contributed by atoms with Crippen LogP contribution in [0.25, 0.3) is 0 Å². The zero-order chi connectivity index (χ0) is 14.4. The van der Waals surface area contributed by atoms with Crippen molar-refractivity contribution < 1.29 is 4.74 Å². The number of nitrogens with two attached hydrogens (primary N) is 1. The SMILES string of the molecule is CC(CN(C)CC1CCOCC1)C(N)c1ccccc1. The van der Waals surface area contributed by atoms with Gasteiger partial charge in [0, 0.05) is 32.3 Å². The van der Waals surface area contributed by atoms with Crippen molar-refractivity contribution in [1.82, 2.24) is 4.90 Å². The van der Waals surface area contributed by atoms with Gasteiger partial charge in [0.25, 0.3) is 0 Å². The Kier molecular flexibility index (Phi) is 6.02. The molecular weight excluding hydrogens is 248 g/mol. The molecule has 3 nitrogen and oxygen atoms in total. The zero-order valence-electron chi connectivity index (χ0n) is 12.8. The van der Waals surface area contributed by atoms with E-state index in [1.54, 1.807) is 0 Å². The van der Waals surface area contributed by atoms with Crippen molar-refractivity contribution in [1.29, 1.82) is 0 Å². The standard InChI is InChI=1S/C17H28N2O/c1-14(17(18)16-6-4-3-5-7-16)12-19(2)13-15-8-10-20-11-9-15/h3-7,14-15,17H,8-13,18H2,1-2H3. The Morgan fingerprint density at radius 3 is 2.55 bits per heavy atom. The monoisotopic (exact) mass is 276 g/mol. The van der Waals surface area contributed by atoms with Gasteiger partial charge in [-0.15, -0.1) is 0 Å². The van der Waals surface area contributed by atoms with Gasteiger partial charge in [-0.3, -0.25) is 0 Å². The average molecular weight is 276 g/mol. The third-order valence-corrected chi connectivity index (χ3v) is 4.31. The Morgan fingerprint density at radius 1 is 1.25 bits per heavy atom. The molecule has 2 rings (SSSR count). The molecule has 2 unspecified atom stereocenters. The van der Waals surface area contributed by atoms with E-state index in [2.05, 4.69) is 43.1 Å². The van der Waals surface area contributed by atoms with E-state index in [0.29, 0.717) is 5.92 Å². The number of rotatable bonds is 6. The molecule has 0 bridgehead atoms. The van der Waals surface area contributed by atoms with Crippen LogP contribution in [0, 0.1) is 11.8 Å². The fourth-order valence-electron chi connectivity index (χ4n) is 3.05. The highest BCUT2D eigenvalue weighted by atomic mass is 16.5. The van der Waals surface area contributed by atoms with E-state index in [4.69, 9.17) is 10.5 Å². The Balaban J connectivity index is 1.79. The zero-order valence-corrected chi connectivity index (χ0v) is 12.8. The largest absolute Gasteiger partial charge is 0.381 e. The van der Waals surface area contributed by atoms with E-state index in [-0.39, 0.29) is 6.04 Å². The molecule has 3 heteroatoms. The lowest BCUT2D eigenvalue weighted by Gasteiger charge is -2.30. The van der Waals surface area contributed by atoms with E-state index in [1.165, 1.54) is 18.4 Å². The van der Waals surface area contributed by atoms with Crippen molar-refractivity contribution in [2.24, 2.45) is 17.6 Å². The van der Waals surface area contributed by atoms with Crippen LogP contribution in [0.5, 0.6) is 0 Å². The minimum atomic E-state index is 0.119. The number of ether oxygens (including phenoxy) is 1. The van der Waals surface area contributed by atoms with Gasteiger partial charge in [0.1, 0.15) is 0 Å². The van der Waals surface area contributed by atoms with Crippen LogP contribution < -0.4 is 5.73 Å². The van der Waals surface area contributed by atoms with Gasteiger partial charge in [0.05, 0.1) is 0 Å². The molecule has 0 radical (unpaired) electrons. The highest BCUT2D eigenvalue weighted by molar-refractivity contribution is 5.19. The molecule has 1 aliphatic heterocycles. The Morgan fingerprint density at radius 2 is 1.90 bits per heavy atom. The minimum Gasteiger partial charge on any atom is -0.381 e. The van der Waals surface area contributed by atoms with Gasteiger partial charge in [-0.2, -0.15) is 0 Å². The first-order chi connectivity index (χ1) is 9.66. The predicted molar refractivity (Wildman–Crippen MR) is 83.6 cm³/mol. The molecule has 0 spiro atoms. The third-order valence-electron chi connectivity index (χ3n) is 4.31. The lowest BCUT2D eigenvalue weighted by Crippen LogP contribution is -2.35. The first-order valence-corrected chi connectivity index (χ1v) is 7.73. The highest BCUT2D eigenvalue weighted by Crippen LogP contribution is 2.21. The quantitative estimate of drug-likeness (QED) is 0.868. The second-order valence-electron chi connectivity index (χ2n) is 6.19. The summed E-state index contributed by atoms with van der Waals surface area (Å²) in [5.41, 5.74) is 7.61. The van der Waals surface area contributed by atoms with Gasteiger partial charge in [-0.25, -0.2) is 0 Å². The van der Waals surface area contributed by atoms with Crippen LogP contribution in [0.3, 0.4) is 0 Å². The summed E-state index contributed by atoms with van der Waals surface area (Å²) in [5, 5.41) is 0. The molecule has 1 heterocycles. The van der Waals surface area contributed by atoms with Gasteiger partial charge in [0.15, 0.2) is 0 Å². The van der Waals surface area contributed by atoms with Crippen molar-refractivity contribution in [3.8, 4) is 0 Å². The van der Waals surface area contributed by atoms with E-state index < -0.39 is 0 Å². The maximum atomic E-state index is 6.37. The number of benzene rings is 1. The van der Waals surface area contributed by atoms with E-state index in [9.17, 15) is 0 Å². The summed E-state index contributed by atoms with van der Waals surface area (Å²) < 4.78 is 5.42. The van der Waals surface area contributed by atoms with Gasteiger partial charge >= 0.3 is 0 Å². The summed E-state index contributed by atoms with van der Waals surface area (Å²) >= 11 is 0. The lowest BCUT2D eigenvalue weighted by atomic mass is 9.94. The molecule has 0 amide bonds. The number of hydrogen-bond acceptors (Lipinski definition) is 3. The normalized spacial score (nSPS) is 20.0. The second-order valence-corrected chi connectivity index (χ2v) is 6.19. The average Bonchev–Trinajstić information content (AvgIpc) is 2.48. The Labute approximate surface area is 123 Å². The second kappa shape index (κ2) is 7.77. The summed E-state index contributed by atoms with van der Waals surface area (Å²) in [4.78, 5) is 2.43. The van der Waals surface area contributed by atoms with Gasteiger partial charge < -0.3 is 15.4 Å². The molecule has 1 aliphatic rings. The van der Waals surface area contributed by atoms with E-state index >= 15 is 0 Å². The molecule has 2 atom stereocenters. The molecule has 1 saturated heterocycles. The van der Waals surface area contributed by atoms with Gasteiger partial charge in [0.2, 0.25) is 0 Å². The molecule has 1 aromatic rings. The summed E-state index contributed by atoms with van der Waals surface area (Å²) in [6.45, 7) is 6.32. The van der Waals surface area contributed by atoms with Crippen molar-refractivity contribution >= 4 is 0 Å². The van der Waals surface area contributed by atoms with Gasteiger partial charge in [-0.05, 0) is 37.3 Å². The van der Waals surface area contributed by atoms with Crippen molar-refractivity contribution in [2.45, 2.75) is 25.8 Å². The smallest absolute Gasteiger partial charge is 0.0469 e. The molecule has 0 saturated carbocycles. The number of nitrogens with zero attached hydrogens (tertiary/aromatic N) is 1. The van der Waals surface area contributed by atoms with Crippen molar-refractivity contribution in [2.75, 3.05) is 33.4 Å². The number of hydrogen-bond donors (Lipinski definition) is 1. The lowest BCUT2D eigenvalue weighted by molar-refractivity contribution is 0.0538. The topological polar surface area (TPSA) is 38.5 Å². The van der Waals surface area contributed by atoms with Crippen LogP contribution in [-0.4, -0.2) is 38.3 Å². The third kappa shape index (κ3) is 4.58. The van der Waals surface area contributed by atoms with E-state index in [0.717, 1.165) is 32.2 Å². The van der Waals surface area contributed by atoms with Crippen LogP contribution in [-0.2, 0) is 4.74 Å². The van der Waals surface area contributed by atoms with Gasteiger partial charge in [-0.1, -0.05) is 37.3 Å². The fraction of sp³-hybridized carbons (Fsp3) is 0.647. The summed E-state index contributed by atoms with van der Waals surface area (Å²) in [5.74, 6) is 1.25. The van der Waals surface area contributed by atoms with Crippen LogP contribution in [0.1, 0.15) is 31.4 Å². The molecule has 2 N–H and O–H groups in total. The van der Waals surface area contributed by atoms with E-state index in [1.807, 2.05) is 6.07 Å².